The van der Waals surface area contributed by atoms with Crippen LogP contribution in [0.3, 0.4) is 0 Å². The second-order valence-electron chi connectivity index (χ2n) is 27.2. The number of hydrogen-bond donors (Lipinski definition) is 0. The first-order chi connectivity index (χ1) is 44.6. The van der Waals surface area contributed by atoms with Crippen LogP contribution in [0.15, 0.2) is 158 Å². The topological polar surface area (TPSA) is 153 Å². The molecule has 6 aromatic carbocycles. The van der Waals surface area contributed by atoms with Crippen molar-refractivity contribution in [3.05, 3.63) is 208 Å². The first kappa shape index (κ1) is 80.3. The lowest BCUT2D eigenvalue weighted by Gasteiger charge is -2.34. The van der Waals surface area contributed by atoms with Gasteiger partial charge in [0.15, 0.2) is 61.4 Å². The van der Waals surface area contributed by atoms with Crippen molar-refractivity contribution in [1.29, 1.82) is 0 Å². The van der Waals surface area contributed by atoms with Crippen LogP contribution in [0.4, 0.5) is 14.4 Å². The Hall–Kier alpha value is -7.13. The highest BCUT2D eigenvalue weighted by Crippen LogP contribution is 2.31. The van der Waals surface area contributed by atoms with Crippen molar-refractivity contribution in [3.8, 4) is 28.7 Å². The molecule has 0 fully saturated rings. The summed E-state index contributed by atoms with van der Waals surface area (Å²) in [6.07, 6.45) is 17.2. The summed E-state index contributed by atoms with van der Waals surface area (Å²) in [4.78, 5) is 33.7. The summed E-state index contributed by atoms with van der Waals surface area (Å²) in [5, 5.41) is 0. The summed E-state index contributed by atoms with van der Waals surface area (Å²) in [6.45, 7) is 33.8. The second-order valence-corrected chi connectivity index (χ2v) is 53.4. The molecular formula is C75H106O14Si6. The van der Waals surface area contributed by atoms with Crippen LogP contribution in [-0.2, 0) is 39.4 Å². The van der Waals surface area contributed by atoms with E-state index in [-0.39, 0.29) is 0 Å². The highest BCUT2D eigenvalue weighted by atomic mass is 28.4. The third kappa shape index (κ3) is 32.4. The van der Waals surface area contributed by atoms with Gasteiger partial charge in [0.2, 0.25) is 0 Å². The molecule has 0 aliphatic carbocycles. The number of hydrogen-bond acceptors (Lipinski definition) is 14. The van der Waals surface area contributed by atoms with Gasteiger partial charge in [-0.1, -0.05) is 151 Å². The third-order valence-electron chi connectivity index (χ3n) is 15.1. The standard InChI is InChI=1S/C27H38O6Si2.C25H34O4Si2.C23H34O4Si2/c1-21-13-14-22(19-25(21)29-2)11-9-17-34(5,6)33-35(7,8)18-10-12-23-15-16-24(26(20-23)30-3)32-27(28)31-4;1-21-11-13-22(14-12-21)9-7-19-30(3,4)29-31(5,6)20-8-10-23-15-17-24(18-16-23)28-25(26)27-2;1-19-7-9-20(10-8-19)15-17-28(3,4)27-29(5,6)18-16-21-11-13-22(14-12-21)26-23(24)25-2/h9-16,19-20H,17-18H2,1-8H3;7-18H,19-20H2,1-6H3;7-14H,15-18H2,1-6H3/b11-9-,12-10-;9-7-,10-8-;. The van der Waals surface area contributed by atoms with E-state index in [2.05, 4.69) is 216 Å². The summed E-state index contributed by atoms with van der Waals surface area (Å²) >= 11 is 0. The molecule has 0 atom stereocenters. The van der Waals surface area contributed by atoms with E-state index in [1.54, 1.807) is 25.3 Å². The largest absolute Gasteiger partial charge is 0.513 e. The van der Waals surface area contributed by atoms with Crippen molar-refractivity contribution >= 4 is 92.7 Å². The summed E-state index contributed by atoms with van der Waals surface area (Å²) in [5.74, 6) is 2.66. The molecule has 0 saturated heterocycles. The van der Waals surface area contributed by atoms with E-state index >= 15 is 0 Å². The van der Waals surface area contributed by atoms with Crippen LogP contribution in [0.5, 0.6) is 28.7 Å². The molecule has 0 bridgehead atoms. The maximum Gasteiger partial charge on any atom is 0.513 e. The fourth-order valence-corrected chi connectivity index (χ4v) is 35.0. The minimum Gasteiger partial charge on any atom is -0.496 e. The fourth-order valence-electron chi connectivity index (χ4n) is 10.3. The van der Waals surface area contributed by atoms with Gasteiger partial charge < -0.3 is 50.2 Å². The molecule has 14 nitrogen and oxygen atoms in total. The Morgan fingerprint density at radius 3 is 1.03 bits per heavy atom. The number of aryl methyl sites for hydroxylation is 5. The lowest BCUT2D eigenvalue weighted by molar-refractivity contribution is 0.119. The normalized spacial score (nSPS) is 12.2. The van der Waals surface area contributed by atoms with Crippen LogP contribution in [0.2, 0.25) is 115 Å². The smallest absolute Gasteiger partial charge is 0.496 e. The van der Waals surface area contributed by atoms with Gasteiger partial charge >= 0.3 is 18.5 Å². The van der Waals surface area contributed by atoms with Gasteiger partial charge in [0.05, 0.1) is 35.5 Å². The third-order valence-corrected chi connectivity index (χ3v) is 36.1. The monoisotopic (exact) mass is 1400 g/mol. The molecule has 0 saturated carbocycles. The average Bonchev–Trinajstić information content (AvgIpc) is 1.29. The number of rotatable bonds is 29. The Labute approximate surface area is 574 Å². The SMILES string of the molecule is COC(=O)Oc1ccc(/C=C\C[Si](C)(C)O[Si](C)(C)C/C=C\c2ccc(C)c(OC)c2)cc1OC.COC(=O)Oc1ccc(/C=C\C[Si](C)(C)O[Si](C)(C)C/C=C\c2ccc(C)cc2)cc1.COC(=O)Oc1ccc(CC[Si](C)(C)O[Si](C)(C)CCc2ccc(C)cc2)cc1. The minimum atomic E-state index is -1.90. The van der Waals surface area contributed by atoms with Crippen molar-refractivity contribution in [2.75, 3.05) is 35.5 Å². The number of allylic oxidation sites excluding steroid dienone is 4. The highest BCUT2D eigenvalue weighted by Gasteiger charge is 2.34. The number of carbonyl (C=O) groups is 3. The molecule has 0 aliphatic rings. The average molecular weight is 1400 g/mol. The molecule has 6 rings (SSSR count). The maximum absolute atomic E-state index is 11.4. The van der Waals surface area contributed by atoms with Crippen LogP contribution in [0.1, 0.15) is 50.1 Å². The van der Waals surface area contributed by atoms with Gasteiger partial charge in [-0.05, 0) is 230 Å². The Morgan fingerprint density at radius 2 is 0.642 bits per heavy atom. The summed E-state index contributed by atoms with van der Waals surface area (Å²) < 4.78 is 59.6. The van der Waals surface area contributed by atoms with Crippen molar-refractivity contribution in [1.82, 2.24) is 0 Å². The highest BCUT2D eigenvalue weighted by molar-refractivity contribution is 6.86. The van der Waals surface area contributed by atoms with Crippen molar-refractivity contribution in [2.24, 2.45) is 0 Å². The lowest BCUT2D eigenvalue weighted by Crippen LogP contribution is -2.44. The van der Waals surface area contributed by atoms with Crippen molar-refractivity contribution in [2.45, 2.75) is 148 Å². The van der Waals surface area contributed by atoms with Crippen LogP contribution in [0, 0.1) is 20.8 Å². The van der Waals surface area contributed by atoms with Crippen molar-refractivity contribution < 1.29 is 64.6 Å². The molecule has 0 aliphatic heterocycles. The van der Waals surface area contributed by atoms with E-state index in [1.807, 2.05) is 61.5 Å². The molecule has 514 valence electrons. The Morgan fingerprint density at radius 1 is 0.337 bits per heavy atom. The molecule has 0 unspecified atom stereocenters. The molecule has 0 N–H and O–H groups in total. The Balaban J connectivity index is 0.000000305. The minimum absolute atomic E-state index is 0.319. The van der Waals surface area contributed by atoms with Gasteiger partial charge in [-0.2, -0.15) is 0 Å². The molecule has 0 spiro atoms. The van der Waals surface area contributed by atoms with Gasteiger partial charge in [0, 0.05) is 0 Å². The molecule has 0 aromatic heterocycles. The number of benzene rings is 6. The zero-order valence-electron chi connectivity index (χ0n) is 60.2. The van der Waals surface area contributed by atoms with Crippen LogP contribution < -0.4 is 23.7 Å². The zero-order chi connectivity index (χ0) is 70.5. The molecule has 0 radical (unpaired) electrons. The number of methoxy groups -OCH3 is 5. The van der Waals surface area contributed by atoms with Gasteiger partial charge in [0.1, 0.15) is 17.2 Å². The van der Waals surface area contributed by atoms with Crippen LogP contribution >= 0.6 is 0 Å². The first-order valence-corrected chi connectivity index (χ1v) is 51.0. The summed E-state index contributed by atoms with van der Waals surface area (Å²) in [6, 6.07) is 50.0. The molecule has 0 heterocycles. The van der Waals surface area contributed by atoms with E-state index in [4.69, 9.17) is 36.0 Å². The van der Waals surface area contributed by atoms with E-state index in [1.165, 1.54) is 56.3 Å². The molecular weight excluding hydrogens is 1290 g/mol. The van der Waals surface area contributed by atoms with E-state index < -0.39 is 68.4 Å². The fraction of sp³-hybridized carbons (Fsp3) is 0.373. The maximum atomic E-state index is 11.4. The molecule has 6 aromatic rings. The number of carbonyl (C=O) groups excluding carboxylic acids is 3. The predicted octanol–water partition coefficient (Wildman–Crippen LogP) is 21.0. The Kier molecular flexibility index (Phi) is 32.6. The number of ether oxygens (including phenoxy) is 8. The van der Waals surface area contributed by atoms with E-state index in [0.717, 1.165) is 77.1 Å². The lowest BCUT2D eigenvalue weighted by atomic mass is 10.1. The van der Waals surface area contributed by atoms with Gasteiger partial charge in [-0.25, -0.2) is 14.4 Å². The summed E-state index contributed by atoms with van der Waals surface area (Å²) in [5.41, 5.74) is 10.7. The molecule has 20 heteroatoms. The second kappa shape index (κ2) is 38.6. The molecule has 0 amide bonds. The van der Waals surface area contributed by atoms with Gasteiger partial charge in [-0.3, -0.25) is 0 Å². The van der Waals surface area contributed by atoms with Gasteiger partial charge in [0.25, 0.3) is 0 Å². The van der Waals surface area contributed by atoms with Crippen molar-refractivity contribution in [3.63, 3.8) is 0 Å². The van der Waals surface area contributed by atoms with Crippen LogP contribution in [-0.4, -0.2) is 104 Å². The van der Waals surface area contributed by atoms with E-state index in [0.29, 0.717) is 23.0 Å². The first-order valence-electron chi connectivity index (χ1n) is 32.3. The van der Waals surface area contributed by atoms with E-state index in [9.17, 15) is 14.4 Å². The van der Waals surface area contributed by atoms with Crippen LogP contribution in [0.25, 0.3) is 24.3 Å². The quantitative estimate of drug-likeness (QED) is 0.0189. The molecule has 95 heavy (non-hydrogen) atoms. The Bertz CT molecular complexity index is 3470. The van der Waals surface area contributed by atoms with Gasteiger partial charge in [-0.15, -0.1) is 0 Å². The predicted molar refractivity (Wildman–Crippen MR) is 406 cm³/mol. The summed E-state index contributed by atoms with van der Waals surface area (Å²) in [7, 11) is -3.74. The zero-order valence-corrected chi connectivity index (χ0v) is 66.2.